The van der Waals surface area contributed by atoms with Crippen LogP contribution >= 0.6 is 0 Å². The van der Waals surface area contributed by atoms with E-state index in [1.807, 2.05) is 0 Å². The Hall–Kier alpha value is -3.55. The number of esters is 1. The summed E-state index contributed by atoms with van der Waals surface area (Å²) in [4.78, 5) is 36.5. The van der Waals surface area contributed by atoms with Gasteiger partial charge in [0.1, 0.15) is 13.2 Å². The van der Waals surface area contributed by atoms with Crippen molar-refractivity contribution in [3.8, 4) is 11.5 Å². The van der Waals surface area contributed by atoms with Crippen LogP contribution in [0.2, 0.25) is 0 Å². The number of benzene rings is 2. The molecule has 27 heavy (non-hydrogen) atoms. The van der Waals surface area contributed by atoms with Crippen LogP contribution in [0, 0.1) is 0 Å². The SMILES string of the molecule is CNC(=O)NC(=O)[C@@H](OC(=O)c1ccc2c(c1)OCCO2)c1ccccc1. The van der Waals surface area contributed by atoms with Crippen LogP contribution in [0.15, 0.2) is 48.5 Å². The molecule has 140 valence electrons. The van der Waals surface area contributed by atoms with Crippen molar-refractivity contribution in [2.24, 2.45) is 0 Å². The maximum atomic E-state index is 12.6. The van der Waals surface area contributed by atoms with E-state index in [2.05, 4.69) is 10.6 Å². The highest BCUT2D eigenvalue weighted by atomic mass is 16.6. The number of carbonyl (C=O) groups excluding carboxylic acids is 3. The molecule has 0 saturated carbocycles. The lowest BCUT2D eigenvalue weighted by molar-refractivity contribution is -0.129. The number of hydrogen-bond acceptors (Lipinski definition) is 6. The smallest absolute Gasteiger partial charge is 0.339 e. The summed E-state index contributed by atoms with van der Waals surface area (Å²) in [5, 5.41) is 4.40. The van der Waals surface area contributed by atoms with Gasteiger partial charge in [-0.25, -0.2) is 9.59 Å². The quantitative estimate of drug-likeness (QED) is 0.796. The number of urea groups is 1. The van der Waals surface area contributed by atoms with E-state index in [9.17, 15) is 14.4 Å². The van der Waals surface area contributed by atoms with Crippen LogP contribution in [-0.4, -0.2) is 38.2 Å². The van der Waals surface area contributed by atoms with Gasteiger partial charge in [0.25, 0.3) is 5.91 Å². The first-order chi connectivity index (χ1) is 13.1. The minimum atomic E-state index is -1.29. The fourth-order valence-corrected chi connectivity index (χ4v) is 2.49. The molecule has 0 aromatic heterocycles. The number of imide groups is 1. The van der Waals surface area contributed by atoms with Crippen molar-refractivity contribution in [2.45, 2.75) is 6.10 Å². The predicted molar refractivity (Wildman–Crippen MR) is 94.6 cm³/mol. The van der Waals surface area contributed by atoms with Crippen molar-refractivity contribution in [1.82, 2.24) is 10.6 Å². The largest absolute Gasteiger partial charge is 0.486 e. The fourth-order valence-electron chi connectivity index (χ4n) is 2.49. The number of nitrogens with one attached hydrogen (secondary N) is 2. The molecule has 1 aliphatic rings. The number of ether oxygens (including phenoxy) is 3. The normalized spacial score (nSPS) is 13.2. The summed E-state index contributed by atoms with van der Waals surface area (Å²) in [5.74, 6) is -0.518. The minimum absolute atomic E-state index is 0.202. The highest BCUT2D eigenvalue weighted by Gasteiger charge is 2.27. The van der Waals surface area contributed by atoms with Crippen molar-refractivity contribution in [3.05, 3.63) is 59.7 Å². The molecule has 2 aromatic rings. The zero-order valence-corrected chi connectivity index (χ0v) is 14.6. The third kappa shape index (κ3) is 4.35. The van der Waals surface area contributed by atoms with E-state index in [1.165, 1.54) is 19.2 Å². The summed E-state index contributed by atoms with van der Waals surface area (Å²) in [7, 11) is 1.38. The second-order valence-electron chi connectivity index (χ2n) is 5.62. The Kier molecular flexibility index (Phi) is 5.55. The summed E-state index contributed by atoms with van der Waals surface area (Å²) >= 11 is 0. The van der Waals surface area contributed by atoms with E-state index in [4.69, 9.17) is 14.2 Å². The number of rotatable bonds is 4. The zero-order valence-electron chi connectivity index (χ0n) is 14.6. The highest BCUT2D eigenvalue weighted by Crippen LogP contribution is 2.31. The van der Waals surface area contributed by atoms with Gasteiger partial charge in [0.15, 0.2) is 11.5 Å². The molecule has 0 fully saturated rings. The average molecular weight is 370 g/mol. The van der Waals surface area contributed by atoms with Crippen LogP contribution in [0.25, 0.3) is 0 Å². The molecular formula is C19H18N2O6. The van der Waals surface area contributed by atoms with Crippen molar-refractivity contribution < 1.29 is 28.6 Å². The van der Waals surface area contributed by atoms with E-state index in [1.54, 1.807) is 36.4 Å². The number of carbonyl (C=O) groups is 3. The van der Waals surface area contributed by atoms with Gasteiger partial charge in [-0.1, -0.05) is 30.3 Å². The van der Waals surface area contributed by atoms with E-state index in [-0.39, 0.29) is 5.56 Å². The van der Waals surface area contributed by atoms with Gasteiger partial charge in [0.2, 0.25) is 6.10 Å². The molecule has 1 heterocycles. The van der Waals surface area contributed by atoms with Crippen molar-refractivity contribution >= 4 is 17.9 Å². The van der Waals surface area contributed by atoms with Gasteiger partial charge < -0.3 is 19.5 Å². The number of fused-ring (bicyclic) bond motifs is 1. The molecular weight excluding hydrogens is 352 g/mol. The molecule has 0 radical (unpaired) electrons. The van der Waals surface area contributed by atoms with Gasteiger partial charge in [-0.15, -0.1) is 0 Å². The average Bonchev–Trinajstić information content (AvgIpc) is 2.71. The van der Waals surface area contributed by atoms with Gasteiger partial charge in [0.05, 0.1) is 5.56 Å². The van der Waals surface area contributed by atoms with E-state index in [0.29, 0.717) is 30.3 Å². The molecule has 0 saturated heterocycles. The van der Waals surface area contributed by atoms with E-state index < -0.39 is 24.0 Å². The number of hydrogen-bond donors (Lipinski definition) is 2. The summed E-state index contributed by atoms with van der Waals surface area (Å²) in [6.45, 7) is 0.819. The molecule has 0 spiro atoms. The van der Waals surface area contributed by atoms with Gasteiger partial charge >= 0.3 is 12.0 Å². The monoisotopic (exact) mass is 370 g/mol. The summed E-state index contributed by atoms with van der Waals surface area (Å²) in [5.41, 5.74) is 0.637. The van der Waals surface area contributed by atoms with Crippen LogP contribution in [0.5, 0.6) is 11.5 Å². The Bertz CT molecular complexity index is 853. The summed E-state index contributed by atoms with van der Waals surface area (Å²) in [6, 6.07) is 12.4. The Morgan fingerprint density at radius 3 is 2.41 bits per heavy atom. The molecule has 3 rings (SSSR count). The van der Waals surface area contributed by atoms with Gasteiger partial charge in [-0.3, -0.25) is 10.1 Å². The van der Waals surface area contributed by atoms with E-state index >= 15 is 0 Å². The van der Waals surface area contributed by atoms with E-state index in [0.717, 1.165) is 0 Å². The zero-order chi connectivity index (χ0) is 19.2. The lowest BCUT2D eigenvalue weighted by Gasteiger charge is -2.20. The molecule has 0 aliphatic carbocycles. The Morgan fingerprint density at radius 2 is 1.70 bits per heavy atom. The lowest BCUT2D eigenvalue weighted by Crippen LogP contribution is -2.41. The van der Waals surface area contributed by atoms with Crippen LogP contribution in [-0.2, 0) is 9.53 Å². The molecule has 0 unspecified atom stereocenters. The first-order valence-electron chi connectivity index (χ1n) is 8.26. The van der Waals surface area contributed by atoms with Crippen LogP contribution in [0.4, 0.5) is 4.79 Å². The highest BCUT2D eigenvalue weighted by molar-refractivity contribution is 5.99. The summed E-state index contributed by atoms with van der Waals surface area (Å²) in [6.07, 6.45) is -1.29. The molecule has 0 bridgehead atoms. The molecule has 8 heteroatoms. The van der Waals surface area contributed by atoms with Gasteiger partial charge in [-0.2, -0.15) is 0 Å². The molecule has 1 aliphatic heterocycles. The summed E-state index contributed by atoms with van der Waals surface area (Å²) < 4.78 is 16.3. The number of amides is 3. The standard InChI is InChI=1S/C19H18N2O6/c1-20-19(24)21-17(22)16(12-5-3-2-4-6-12)27-18(23)13-7-8-14-15(11-13)26-10-9-25-14/h2-8,11,16H,9-10H2,1H3,(H2,20,21,22,24)/t16-/m0/s1. The van der Waals surface area contributed by atoms with Crippen molar-refractivity contribution in [3.63, 3.8) is 0 Å². The van der Waals surface area contributed by atoms with Crippen LogP contribution in [0.3, 0.4) is 0 Å². The van der Waals surface area contributed by atoms with Crippen LogP contribution in [0.1, 0.15) is 22.0 Å². The predicted octanol–water partition coefficient (Wildman–Crippen LogP) is 1.81. The maximum absolute atomic E-state index is 12.6. The van der Waals surface area contributed by atoms with Crippen LogP contribution < -0.4 is 20.1 Å². The Balaban J connectivity index is 1.82. The minimum Gasteiger partial charge on any atom is -0.486 e. The third-order valence-electron chi connectivity index (χ3n) is 3.81. The maximum Gasteiger partial charge on any atom is 0.339 e. The second kappa shape index (κ2) is 8.22. The molecule has 3 amide bonds. The molecule has 2 N–H and O–H groups in total. The molecule has 1 atom stereocenters. The Labute approximate surface area is 155 Å². The first-order valence-corrected chi connectivity index (χ1v) is 8.26. The van der Waals surface area contributed by atoms with Crippen molar-refractivity contribution in [2.75, 3.05) is 20.3 Å². The van der Waals surface area contributed by atoms with Gasteiger partial charge in [0, 0.05) is 12.6 Å². The first kappa shape index (κ1) is 18.2. The topological polar surface area (TPSA) is 103 Å². The molecule has 2 aromatic carbocycles. The Morgan fingerprint density at radius 1 is 1.00 bits per heavy atom. The van der Waals surface area contributed by atoms with Crippen molar-refractivity contribution in [1.29, 1.82) is 0 Å². The lowest BCUT2D eigenvalue weighted by atomic mass is 10.1. The fraction of sp³-hybridized carbons (Fsp3) is 0.211. The third-order valence-corrected chi connectivity index (χ3v) is 3.81. The molecule has 8 nitrogen and oxygen atoms in total. The van der Waals surface area contributed by atoms with Gasteiger partial charge in [-0.05, 0) is 18.2 Å². The second-order valence-corrected chi connectivity index (χ2v) is 5.62.